The number of rotatable bonds is 3. The normalized spacial score (nSPS) is 18.7. The summed E-state index contributed by atoms with van der Waals surface area (Å²) in [5.41, 5.74) is 9.03. The highest BCUT2D eigenvalue weighted by Crippen LogP contribution is 2.48. The predicted molar refractivity (Wildman–Crippen MR) is 86.5 cm³/mol. The minimum Gasteiger partial charge on any atom is -0.481 e. The van der Waals surface area contributed by atoms with Gasteiger partial charge in [-0.2, -0.15) is 0 Å². The molecule has 5 rings (SSSR count). The van der Waals surface area contributed by atoms with E-state index in [4.69, 9.17) is 5.73 Å². The Morgan fingerprint density at radius 2 is 2.14 bits per heavy atom. The molecule has 1 aromatic carbocycles. The molecule has 0 saturated carbocycles. The van der Waals surface area contributed by atoms with E-state index < -0.39 is 11.9 Å². The molecule has 3 aliphatic heterocycles. The third-order valence-corrected chi connectivity index (χ3v) is 5.36. The van der Waals surface area contributed by atoms with Crippen molar-refractivity contribution in [3.8, 4) is 0 Å². The van der Waals surface area contributed by atoms with E-state index in [0.29, 0.717) is 5.92 Å². The Kier molecular flexibility index (Phi) is 2.94. The third-order valence-electron chi connectivity index (χ3n) is 5.36. The summed E-state index contributed by atoms with van der Waals surface area (Å²) in [5, 5.41) is 10.7. The van der Waals surface area contributed by atoms with Gasteiger partial charge in [-0.25, -0.2) is 0 Å². The van der Waals surface area contributed by atoms with Crippen molar-refractivity contribution in [1.82, 2.24) is 4.57 Å². The van der Waals surface area contributed by atoms with Crippen LogP contribution in [-0.4, -0.2) is 35.3 Å². The number of aryl methyl sites for hydroxylation is 1. The quantitative estimate of drug-likeness (QED) is 0.909. The Morgan fingerprint density at radius 1 is 1.41 bits per heavy atom. The first-order valence-electron chi connectivity index (χ1n) is 7.92. The van der Waals surface area contributed by atoms with Gasteiger partial charge in [0.05, 0.1) is 11.4 Å². The smallest absolute Gasteiger partial charge is 0.312 e. The summed E-state index contributed by atoms with van der Waals surface area (Å²) in [7, 11) is 2.06. The molecule has 1 unspecified atom stereocenters. The molecule has 0 spiro atoms. The summed E-state index contributed by atoms with van der Waals surface area (Å²) in [5.74, 6) is 0.398. The molecule has 2 bridgehead atoms. The molecule has 3 N–H and O–H groups in total. The molecule has 2 aromatic rings. The Bertz CT molecular complexity index is 757. The Balaban J connectivity index is 2.03. The van der Waals surface area contributed by atoms with Crippen LogP contribution in [0.1, 0.15) is 35.8 Å². The van der Waals surface area contributed by atoms with Crippen LogP contribution in [0.15, 0.2) is 18.2 Å². The van der Waals surface area contributed by atoms with Crippen molar-refractivity contribution in [3.63, 3.8) is 0 Å². The summed E-state index contributed by atoms with van der Waals surface area (Å²) >= 11 is 0. The fourth-order valence-electron chi connectivity index (χ4n) is 4.37. The van der Waals surface area contributed by atoms with Gasteiger partial charge in [0.15, 0.2) is 0 Å². The lowest BCUT2D eigenvalue weighted by atomic mass is 9.84. The zero-order valence-electron chi connectivity index (χ0n) is 12.7. The highest BCUT2D eigenvalue weighted by molar-refractivity contribution is 5.96. The molecule has 1 fully saturated rings. The van der Waals surface area contributed by atoms with Crippen LogP contribution >= 0.6 is 0 Å². The van der Waals surface area contributed by atoms with Crippen LogP contribution in [0.5, 0.6) is 0 Å². The van der Waals surface area contributed by atoms with E-state index in [1.54, 1.807) is 0 Å². The molecular formula is C17H21N3O2. The Morgan fingerprint density at radius 3 is 2.77 bits per heavy atom. The second-order valence-corrected chi connectivity index (χ2v) is 6.43. The summed E-state index contributed by atoms with van der Waals surface area (Å²) < 4.78 is 2.19. The summed E-state index contributed by atoms with van der Waals surface area (Å²) in [6, 6.07) is 6.02. The molecule has 1 saturated heterocycles. The van der Waals surface area contributed by atoms with E-state index in [9.17, 15) is 9.90 Å². The van der Waals surface area contributed by atoms with Gasteiger partial charge < -0.3 is 20.3 Å². The van der Waals surface area contributed by atoms with Crippen molar-refractivity contribution >= 4 is 22.7 Å². The number of anilines is 1. The lowest BCUT2D eigenvalue weighted by Crippen LogP contribution is -2.39. The summed E-state index contributed by atoms with van der Waals surface area (Å²) in [4.78, 5) is 14.0. The number of benzene rings is 1. The van der Waals surface area contributed by atoms with Gasteiger partial charge in [0, 0.05) is 37.6 Å². The van der Waals surface area contributed by atoms with Crippen LogP contribution in [0, 0.1) is 0 Å². The van der Waals surface area contributed by atoms with Gasteiger partial charge in [0.1, 0.15) is 5.82 Å². The van der Waals surface area contributed by atoms with Gasteiger partial charge in [0.25, 0.3) is 0 Å². The number of aromatic nitrogens is 1. The van der Waals surface area contributed by atoms with Crippen molar-refractivity contribution in [2.75, 3.05) is 24.5 Å². The van der Waals surface area contributed by atoms with Crippen LogP contribution < -0.4 is 10.6 Å². The van der Waals surface area contributed by atoms with Crippen molar-refractivity contribution < 1.29 is 9.90 Å². The minimum absolute atomic E-state index is 0.122. The fraction of sp³-hybridized carbons (Fsp3) is 0.471. The number of carboxylic acids is 1. The Labute approximate surface area is 129 Å². The highest BCUT2D eigenvalue weighted by Gasteiger charge is 2.36. The number of nitrogens with two attached hydrogens (primary N) is 1. The first kappa shape index (κ1) is 13.6. The molecule has 0 radical (unpaired) electrons. The first-order chi connectivity index (χ1) is 10.6. The van der Waals surface area contributed by atoms with Gasteiger partial charge >= 0.3 is 5.97 Å². The molecular weight excluding hydrogens is 278 g/mol. The predicted octanol–water partition coefficient (Wildman–Crippen LogP) is 2.00. The minimum atomic E-state index is -0.850. The maximum absolute atomic E-state index is 11.6. The molecule has 22 heavy (non-hydrogen) atoms. The number of carboxylic acid groups (broad SMARTS) is 1. The van der Waals surface area contributed by atoms with Gasteiger partial charge in [-0.05, 0) is 24.3 Å². The van der Waals surface area contributed by atoms with Gasteiger partial charge in [-0.3, -0.25) is 4.79 Å². The third kappa shape index (κ3) is 1.66. The number of fused-ring (bicyclic) bond motifs is 3. The second kappa shape index (κ2) is 4.74. The molecule has 5 nitrogen and oxygen atoms in total. The monoisotopic (exact) mass is 299 g/mol. The zero-order chi connectivity index (χ0) is 15.4. The van der Waals surface area contributed by atoms with E-state index in [-0.39, 0.29) is 6.54 Å². The number of hydrogen-bond donors (Lipinski definition) is 2. The van der Waals surface area contributed by atoms with Crippen LogP contribution in [0.3, 0.4) is 0 Å². The van der Waals surface area contributed by atoms with E-state index in [2.05, 4.69) is 22.6 Å². The van der Waals surface area contributed by atoms with Gasteiger partial charge in [-0.15, -0.1) is 0 Å². The number of hydrogen-bond acceptors (Lipinski definition) is 3. The van der Waals surface area contributed by atoms with Gasteiger partial charge in [0.2, 0.25) is 0 Å². The lowest BCUT2D eigenvalue weighted by molar-refractivity contribution is -0.138. The van der Waals surface area contributed by atoms with Crippen molar-refractivity contribution in [2.24, 2.45) is 12.8 Å². The van der Waals surface area contributed by atoms with E-state index >= 15 is 0 Å². The Hall–Kier alpha value is -2.01. The van der Waals surface area contributed by atoms with E-state index in [0.717, 1.165) is 24.2 Å². The van der Waals surface area contributed by atoms with E-state index in [1.807, 2.05) is 12.1 Å². The molecule has 3 aliphatic rings. The molecule has 0 aliphatic carbocycles. The lowest BCUT2D eigenvalue weighted by Gasteiger charge is -2.41. The fourth-order valence-corrected chi connectivity index (χ4v) is 4.37. The molecule has 116 valence electrons. The summed E-state index contributed by atoms with van der Waals surface area (Å²) in [6.45, 7) is 2.34. The summed E-state index contributed by atoms with van der Waals surface area (Å²) in [6.07, 6.45) is 2.41. The SMILES string of the molecule is Cn1c2c(c3cccc(C(CN)C(=O)O)c31)C1CCN2CC1. The average molecular weight is 299 g/mol. The molecule has 1 aromatic heterocycles. The van der Waals surface area contributed by atoms with Crippen molar-refractivity contribution in [2.45, 2.75) is 24.7 Å². The first-order valence-corrected chi connectivity index (χ1v) is 7.92. The van der Waals surface area contributed by atoms with Crippen molar-refractivity contribution in [3.05, 3.63) is 29.3 Å². The maximum Gasteiger partial charge on any atom is 0.312 e. The molecule has 1 atom stereocenters. The number of nitrogens with zero attached hydrogens (tertiary/aromatic N) is 2. The second-order valence-electron chi connectivity index (χ2n) is 6.43. The molecule has 0 amide bonds. The number of carbonyl (C=O) groups is 1. The van der Waals surface area contributed by atoms with E-state index in [1.165, 1.54) is 29.6 Å². The van der Waals surface area contributed by atoms with Gasteiger partial charge in [-0.1, -0.05) is 18.2 Å². The number of aliphatic carboxylic acids is 1. The largest absolute Gasteiger partial charge is 0.481 e. The maximum atomic E-state index is 11.6. The topological polar surface area (TPSA) is 71.5 Å². The van der Waals surface area contributed by atoms with Crippen LogP contribution in [0.25, 0.3) is 10.9 Å². The van der Waals surface area contributed by atoms with Crippen LogP contribution in [0.4, 0.5) is 5.82 Å². The van der Waals surface area contributed by atoms with Crippen LogP contribution in [0.2, 0.25) is 0 Å². The number of para-hydroxylation sites is 1. The molecule has 5 heteroatoms. The highest BCUT2D eigenvalue weighted by atomic mass is 16.4. The standard InChI is InChI=1S/C17H21N3O2/c1-19-15-11(13(9-18)17(21)22)3-2-4-12(15)14-10-5-7-20(8-6-10)16(14)19/h2-4,10,13H,5-9,18H2,1H3,(H,21,22). The zero-order valence-corrected chi connectivity index (χ0v) is 12.7. The number of piperidine rings is 1. The van der Waals surface area contributed by atoms with Crippen molar-refractivity contribution in [1.29, 1.82) is 0 Å². The average Bonchev–Trinajstić information content (AvgIpc) is 2.85. The molecule has 4 heterocycles. The van der Waals surface area contributed by atoms with Crippen LogP contribution in [-0.2, 0) is 11.8 Å².